The van der Waals surface area contributed by atoms with Crippen LogP contribution in [0, 0.1) is 5.82 Å². The Kier molecular flexibility index (Phi) is 5.11. The maximum Gasteiger partial charge on any atom is 0.285 e. The molecule has 0 radical (unpaired) electrons. The lowest BCUT2D eigenvalue weighted by Crippen LogP contribution is -2.33. The molecule has 0 saturated carbocycles. The van der Waals surface area contributed by atoms with Crippen LogP contribution in [0.4, 0.5) is 10.3 Å². The van der Waals surface area contributed by atoms with Crippen molar-refractivity contribution < 1.29 is 23.3 Å². The number of ether oxygens (including phenoxy) is 4. The standard InChI is InChI=1S/C21H22FN3O5/c1-27-14-7-11-5-6-25(10-12(11)8-15(14)28-2)21-23-13-9-16(29-3)19(30-4)18(22)17(13)20(26)24-21/h7-9H,5-6,10H2,1-4H3,(H,23,24,26). The van der Waals surface area contributed by atoms with Crippen LogP contribution < -0.4 is 29.4 Å². The van der Waals surface area contributed by atoms with Crippen LogP contribution in [0.2, 0.25) is 0 Å². The third kappa shape index (κ3) is 3.16. The molecule has 2 aromatic carbocycles. The SMILES string of the molecule is COc1cc2c(cc1OC)CN(c1nc(=O)c3c(F)c(OC)c(OC)cc3[nH]1)CC2. The van der Waals surface area contributed by atoms with Gasteiger partial charge < -0.3 is 28.8 Å². The highest BCUT2D eigenvalue weighted by Gasteiger charge is 2.24. The summed E-state index contributed by atoms with van der Waals surface area (Å²) in [5.41, 5.74) is 1.80. The lowest BCUT2D eigenvalue weighted by Gasteiger charge is -2.30. The molecule has 158 valence electrons. The molecule has 0 aliphatic carbocycles. The van der Waals surface area contributed by atoms with Crippen LogP contribution in [0.25, 0.3) is 10.9 Å². The number of nitrogens with one attached hydrogen (secondary N) is 1. The Morgan fingerprint density at radius 3 is 2.27 bits per heavy atom. The highest BCUT2D eigenvalue weighted by molar-refractivity contribution is 5.83. The first-order valence-electron chi connectivity index (χ1n) is 9.34. The van der Waals surface area contributed by atoms with Crippen molar-refractivity contribution in [2.24, 2.45) is 0 Å². The summed E-state index contributed by atoms with van der Waals surface area (Å²) < 4.78 is 35.8. The van der Waals surface area contributed by atoms with Gasteiger partial charge in [-0.25, -0.2) is 4.39 Å². The second kappa shape index (κ2) is 7.74. The van der Waals surface area contributed by atoms with E-state index in [2.05, 4.69) is 9.97 Å². The molecule has 1 aliphatic heterocycles. The number of hydrogen-bond acceptors (Lipinski definition) is 7. The van der Waals surface area contributed by atoms with Crippen molar-refractivity contribution in [3.05, 3.63) is 45.5 Å². The molecule has 1 N–H and O–H groups in total. The predicted octanol–water partition coefficient (Wildman–Crippen LogP) is 2.66. The van der Waals surface area contributed by atoms with E-state index in [0.717, 1.165) is 17.5 Å². The Bertz CT molecular complexity index is 1180. The second-order valence-corrected chi connectivity index (χ2v) is 6.86. The van der Waals surface area contributed by atoms with E-state index in [9.17, 15) is 9.18 Å². The highest BCUT2D eigenvalue weighted by Crippen LogP contribution is 2.36. The first-order chi connectivity index (χ1) is 14.5. The number of rotatable bonds is 5. The van der Waals surface area contributed by atoms with Crippen molar-refractivity contribution in [1.82, 2.24) is 9.97 Å². The molecule has 4 rings (SSSR count). The molecule has 0 spiro atoms. The van der Waals surface area contributed by atoms with Gasteiger partial charge in [0.2, 0.25) is 5.95 Å². The van der Waals surface area contributed by atoms with E-state index in [1.54, 1.807) is 14.2 Å². The van der Waals surface area contributed by atoms with Crippen molar-refractivity contribution >= 4 is 16.9 Å². The van der Waals surface area contributed by atoms with Crippen LogP contribution in [0.5, 0.6) is 23.0 Å². The third-order valence-electron chi connectivity index (χ3n) is 5.30. The molecule has 8 nitrogen and oxygen atoms in total. The number of methoxy groups -OCH3 is 4. The number of aromatic nitrogens is 2. The van der Waals surface area contributed by atoms with E-state index in [1.165, 1.54) is 20.3 Å². The van der Waals surface area contributed by atoms with Crippen molar-refractivity contribution in [3.63, 3.8) is 0 Å². The van der Waals surface area contributed by atoms with Crippen LogP contribution in [0.3, 0.4) is 0 Å². The van der Waals surface area contributed by atoms with Crippen LogP contribution in [0.1, 0.15) is 11.1 Å². The molecule has 9 heteroatoms. The van der Waals surface area contributed by atoms with Gasteiger partial charge in [-0.05, 0) is 29.7 Å². The van der Waals surface area contributed by atoms with Gasteiger partial charge in [0.05, 0.1) is 34.0 Å². The molecule has 1 aliphatic rings. The Balaban J connectivity index is 1.77. The Morgan fingerprint density at radius 2 is 1.63 bits per heavy atom. The number of nitrogens with zero attached hydrogens (tertiary/aromatic N) is 2. The fraction of sp³-hybridized carbons (Fsp3) is 0.333. The zero-order chi connectivity index (χ0) is 21.4. The molecule has 0 saturated heterocycles. The van der Waals surface area contributed by atoms with Gasteiger partial charge in [-0.1, -0.05) is 0 Å². The summed E-state index contributed by atoms with van der Waals surface area (Å²) in [7, 11) is 5.92. The monoisotopic (exact) mass is 415 g/mol. The smallest absolute Gasteiger partial charge is 0.285 e. The van der Waals surface area contributed by atoms with E-state index in [1.807, 2.05) is 17.0 Å². The van der Waals surface area contributed by atoms with Crippen molar-refractivity contribution in [2.75, 3.05) is 39.9 Å². The predicted molar refractivity (Wildman–Crippen MR) is 110 cm³/mol. The molecule has 0 unspecified atom stereocenters. The zero-order valence-corrected chi connectivity index (χ0v) is 17.2. The topological polar surface area (TPSA) is 85.9 Å². The van der Waals surface area contributed by atoms with Gasteiger partial charge in [-0.3, -0.25) is 4.79 Å². The van der Waals surface area contributed by atoms with Crippen LogP contribution in [-0.4, -0.2) is 45.0 Å². The maximum atomic E-state index is 14.8. The van der Waals surface area contributed by atoms with Crippen LogP contribution >= 0.6 is 0 Å². The van der Waals surface area contributed by atoms with E-state index in [-0.39, 0.29) is 16.9 Å². The van der Waals surface area contributed by atoms with E-state index >= 15 is 0 Å². The second-order valence-electron chi connectivity index (χ2n) is 6.86. The highest BCUT2D eigenvalue weighted by atomic mass is 19.1. The number of H-pyrrole nitrogens is 1. The fourth-order valence-electron chi connectivity index (χ4n) is 3.77. The summed E-state index contributed by atoms with van der Waals surface area (Å²) in [6.07, 6.45) is 0.734. The number of aromatic amines is 1. The van der Waals surface area contributed by atoms with Crippen molar-refractivity contribution in [1.29, 1.82) is 0 Å². The number of hydrogen-bond donors (Lipinski definition) is 1. The molecule has 1 aromatic heterocycles. The average molecular weight is 415 g/mol. The van der Waals surface area contributed by atoms with Gasteiger partial charge >= 0.3 is 0 Å². The van der Waals surface area contributed by atoms with Gasteiger partial charge in [-0.2, -0.15) is 4.98 Å². The van der Waals surface area contributed by atoms with Gasteiger partial charge in [-0.15, -0.1) is 0 Å². The molecule has 0 atom stereocenters. The third-order valence-corrected chi connectivity index (χ3v) is 5.30. The lowest BCUT2D eigenvalue weighted by molar-refractivity contribution is 0.339. The summed E-state index contributed by atoms with van der Waals surface area (Å²) in [5.74, 6) is 0.942. The normalized spacial score (nSPS) is 13.2. The lowest BCUT2D eigenvalue weighted by atomic mass is 9.99. The minimum atomic E-state index is -0.798. The molecule has 30 heavy (non-hydrogen) atoms. The van der Waals surface area contributed by atoms with Gasteiger partial charge in [0.1, 0.15) is 5.39 Å². The van der Waals surface area contributed by atoms with Gasteiger partial charge in [0.25, 0.3) is 5.56 Å². The molecule has 0 bridgehead atoms. The number of fused-ring (bicyclic) bond motifs is 2. The molecule has 3 aromatic rings. The summed E-state index contributed by atoms with van der Waals surface area (Å²) >= 11 is 0. The molecular formula is C21H22FN3O5. The van der Waals surface area contributed by atoms with Crippen molar-refractivity contribution in [3.8, 4) is 23.0 Å². The number of benzene rings is 2. The Hall–Kier alpha value is -3.49. The van der Waals surface area contributed by atoms with E-state index in [4.69, 9.17) is 18.9 Å². The van der Waals surface area contributed by atoms with Crippen molar-refractivity contribution in [2.45, 2.75) is 13.0 Å². The first-order valence-corrected chi connectivity index (χ1v) is 9.34. The molecule has 0 fully saturated rings. The maximum absolute atomic E-state index is 14.8. The molecule has 2 heterocycles. The average Bonchev–Trinajstić information content (AvgIpc) is 2.76. The van der Waals surface area contributed by atoms with E-state index in [0.29, 0.717) is 36.1 Å². The first kappa shape index (κ1) is 19.8. The van der Waals surface area contributed by atoms with Crippen LogP contribution in [-0.2, 0) is 13.0 Å². The summed E-state index contributed by atoms with van der Waals surface area (Å²) in [5, 5.41) is -0.166. The summed E-state index contributed by atoms with van der Waals surface area (Å²) in [6.45, 7) is 1.15. The zero-order valence-electron chi connectivity index (χ0n) is 17.2. The van der Waals surface area contributed by atoms with E-state index < -0.39 is 11.4 Å². The van der Waals surface area contributed by atoms with Crippen LogP contribution in [0.15, 0.2) is 23.0 Å². The minimum absolute atomic E-state index is 0.127. The van der Waals surface area contributed by atoms with Gasteiger partial charge in [0, 0.05) is 19.2 Å². The molecular weight excluding hydrogens is 393 g/mol. The Labute approximate surface area is 172 Å². The largest absolute Gasteiger partial charge is 0.493 e. The summed E-state index contributed by atoms with van der Waals surface area (Å²) in [4.78, 5) is 21.7. The number of anilines is 1. The quantitative estimate of drug-likeness (QED) is 0.686. The molecule has 0 amide bonds. The Morgan fingerprint density at radius 1 is 0.967 bits per heavy atom. The minimum Gasteiger partial charge on any atom is -0.493 e. The van der Waals surface area contributed by atoms with Gasteiger partial charge in [0.15, 0.2) is 28.8 Å². The fourth-order valence-corrected chi connectivity index (χ4v) is 3.77. The number of halogens is 1. The summed E-state index contributed by atoms with van der Waals surface area (Å²) in [6, 6.07) is 5.43.